The van der Waals surface area contributed by atoms with E-state index in [1.54, 1.807) is 24.3 Å². The fourth-order valence-electron chi connectivity index (χ4n) is 2.54. The van der Waals surface area contributed by atoms with E-state index in [1.807, 2.05) is 6.92 Å². The first-order valence-electron chi connectivity index (χ1n) is 8.96. The minimum atomic E-state index is -0.225. The molecular weight excluding hydrogens is 350 g/mol. The van der Waals surface area contributed by atoms with Crippen LogP contribution in [-0.4, -0.2) is 28.5 Å². The van der Waals surface area contributed by atoms with Gasteiger partial charge < -0.3 is 10.1 Å². The van der Waals surface area contributed by atoms with Gasteiger partial charge in [0, 0.05) is 24.3 Å². The Kier molecular flexibility index (Phi) is 7.72. The molecule has 0 fully saturated rings. The van der Waals surface area contributed by atoms with Crippen molar-refractivity contribution >= 4 is 28.2 Å². The standard InChI is InChI=1S/C19H25N3O3S/c1-4-13(5-2)18-21-22-19(26-18)20-17(24)12-11-16(23)14-7-9-15(10-8-14)25-6-3/h7-10,13H,4-6,11-12H2,1-3H3,(H,20,22,24). The van der Waals surface area contributed by atoms with E-state index in [2.05, 4.69) is 29.4 Å². The molecule has 0 saturated heterocycles. The van der Waals surface area contributed by atoms with Gasteiger partial charge in [0.2, 0.25) is 11.0 Å². The molecule has 1 aromatic heterocycles. The van der Waals surface area contributed by atoms with Gasteiger partial charge in [-0.3, -0.25) is 9.59 Å². The number of nitrogens with zero attached hydrogens (tertiary/aromatic N) is 2. The molecule has 1 heterocycles. The monoisotopic (exact) mass is 375 g/mol. The van der Waals surface area contributed by atoms with Crippen LogP contribution in [0, 0.1) is 0 Å². The third kappa shape index (κ3) is 5.62. The number of amides is 1. The fourth-order valence-corrected chi connectivity index (χ4v) is 3.57. The molecule has 0 atom stereocenters. The molecule has 0 radical (unpaired) electrons. The molecule has 1 amide bonds. The first-order valence-corrected chi connectivity index (χ1v) is 9.78. The third-order valence-electron chi connectivity index (χ3n) is 4.09. The Balaban J connectivity index is 1.83. The topological polar surface area (TPSA) is 81.2 Å². The minimum absolute atomic E-state index is 0.0711. The summed E-state index contributed by atoms with van der Waals surface area (Å²) in [4.78, 5) is 24.3. The second kappa shape index (κ2) is 10.0. The van der Waals surface area contributed by atoms with Crippen LogP contribution < -0.4 is 10.1 Å². The van der Waals surface area contributed by atoms with Gasteiger partial charge in [0.1, 0.15) is 10.8 Å². The van der Waals surface area contributed by atoms with Crippen LogP contribution in [0.15, 0.2) is 24.3 Å². The summed E-state index contributed by atoms with van der Waals surface area (Å²) in [5.41, 5.74) is 0.577. The van der Waals surface area contributed by atoms with Crippen molar-refractivity contribution in [2.45, 2.75) is 52.4 Å². The smallest absolute Gasteiger partial charge is 0.226 e. The van der Waals surface area contributed by atoms with Crippen molar-refractivity contribution in [1.29, 1.82) is 0 Å². The Morgan fingerprint density at radius 3 is 2.38 bits per heavy atom. The highest BCUT2D eigenvalue weighted by molar-refractivity contribution is 7.15. The van der Waals surface area contributed by atoms with Gasteiger partial charge in [0.05, 0.1) is 6.61 Å². The zero-order valence-corrected chi connectivity index (χ0v) is 16.3. The molecule has 0 saturated carbocycles. The SMILES string of the molecule is CCOc1ccc(C(=O)CCC(=O)Nc2nnc(C(CC)CC)s2)cc1. The number of anilines is 1. The average molecular weight is 375 g/mol. The minimum Gasteiger partial charge on any atom is -0.494 e. The van der Waals surface area contributed by atoms with Crippen LogP contribution >= 0.6 is 11.3 Å². The lowest BCUT2D eigenvalue weighted by Gasteiger charge is -2.06. The number of nitrogens with one attached hydrogen (secondary N) is 1. The predicted molar refractivity (Wildman–Crippen MR) is 103 cm³/mol. The van der Waals surface area contributed by atoms with Gasteiger partial charge in [0.15, 0.2) is 5.78 Å². The van der Waals surface area contributed by atoms with Crippen molar-refractivity contribution in [1.82, 2.24) is 10.2 Å². The van der Waals surface area contributed by atoms with E-state index in [0.717, 1.165) is 23.6 Å². The van der Waals surface area contributed by atoms with E-state index < -0.39 is 0 Å². The largest absolute Gasteiger partial charge is 0.494 e. The van der Waals surface area contributed by atoms with E-state index in [0.29, 0.717) is 23.2 Å². The lowest BCUT2D eigenvalue weighted by atomic mass is 10.1. The summed E-state index contributed by atoms with van der Waals surface area (Å²) in [6.07, 6.45) is 2.26. The number of hydrogen-bond donors (Lipinski definition) is 1. The lowest BCUT2D eigenvalue weighted by Crippen LogP contribution is -2.13. The van der Waals surface area contributed by atoms with Crippen molar-refractivity contribution in [3.05, 3.63) is 34.8 Å². The van der Waals surface area contributed by atoms with Crippen LogP contribution in [0.3, 0.4) is 0 Å². The summed E-state index contributed by atoms with van der Waals surface area (Å²) < 4.78 is 5.35. The van der Waals surface area contributed by atoms with E-state index in [1.165, 1.54) is 11.3 Å². The predicted octanol–water partition coefficient (Wildman–Crippen LogP) is 4.44. The van der Waals surface area contributed by atoms with Gasteiger partial charge in [-0.05, 0) is 44.0 Å². The Bertz CT molecular complexity index is 724. The van der Waals surface area contributed by atoms with Crippen LogP contribution in [0.25, 0.3) is 0 Å². The molecular formula is C19H25N3O3S. The Morgan fingerprint density at radius 2 is 1.77 bits per heavy atom. The van der Waals surface area contributed by atoms with Crippen molar-refractivity contribution in [3.8, 4) is 5.75 Å². The quantitative estimate of drug-likeness (QED) is 0.621. The normalized spacial score (nSPS) is 10.8. The fraction of sp³-hybridized carbons (Fsp3) is 0.474. The first kappa shape index (κ1) is 20.0. The number of benzene rings is 1. The zero-order chi connectivity index (χ0) is 18.9. The van der Waals surface area contributed by atoms with E-state index in [-0.39, 0.29) is 24.5 Å². The third-order valence-corrected chi connectivity index (χ3v) is 5.09. The maximum absolute atomic E-state index is 12.2. The molecule has 0 aliphatic heterocycles. The van der Waals surface area contributed by atoms with Gasteiger partial charge >= 0.3 is 0 Å². The molecule has 2 aromatic rings. The molecule has 0 aliphatic carbocycles. The molecule has 140 valence electrons. The number of aromatic nitrogens is 2. The molecule has 2 rings (SSSR count). The summed E-state index contributed by atoms with van der Waals surface area (Å²) in [6, 6.07) is 6.96. The number of ether oxygens (including phenoxy) is 1. The summed E-state index contributed by atoms with van der Waals surface area (Å²) in [5.74, 6) is 0.806. The molecule has 7 heteroatoms. The summed E-state index contributed by atoms with van der Waals surface area (Å²) in [5, 5.41) is 12.3. The molecule has 0 spiro atoms. The highest BCUT2D eigenvalue weighted by atomic mass is 32.1. The van der Waals surface area contributed by atoms with Crippen molar-refractivity contribution in [3.63, 3.8) is 0 Å². The number of ketones is 1. The maximum Gasteiger partial charge on any atom is 0.226 e. The van der Waals surface area contributed by atoms with Gasteiger partial charge in [-0.25, -0.2) is 0 Å². The van der Waals surface area contributed by atoms with Gasteiger partial charge in [0.25, 0.3) is 0 Å². The zero-order valence-electron chi connectivity index (χ0n) is 15.4. The van der Waals surface area contributed by atoms with Gasteiger partial charge in [-0.1, -0.05) is 25.2 Å². The van der Waals surface area contributed by atoms with E-state index in [9.17, 15) is 9.59 Å². The van der Waals surface area contributed by atoms with Crippen LogP contribution in [0.5, 0.6) is 5.75 Å². The van der Waals surface area contributed by atoms with Crippen LogP contribution in [0.1, 0.15) is 67.7 Å². The Hall–Kier alpha value is -2.28. The Morgan fingerprint density at radius 1 is 1.08 bits per heavy atom. The summed E-state index contributed by atoms with van der Waals surface area (Å²) in [7, 11) is 0. The first-order chi connectivity index (χ1) is 12.6. The molecule has 6 nitrogen and oxygen atoms in total. The maximum atomic E-state index is 12.2. The average Bonchev–Trinajstić information content (AvgIpc) is 3.10. The van der Waals surface area contributed by atoms with Gasteiger partial charge in [-0.15, -0.1) is 10.2 Å². The van der Waals surface area contributed by atoms with Crippen LogP contribution in [0.4, 0.5) is 5.13 Å². The van der Waals surface area contributed by atoms with Crippen molar-refractivity contribution in [2.75, 3.05) is 11.9 Å². The highest BCUT2D eigenvalue weighted by Gasteiger charge is 2.15. The number of carbonyl (C=O) groups excluding carboxylic acids is 2. The molecule has 1 N–H and O–H groups in total. The number of hydrogen-bond acceptors (Lipinski definition) is 6. The molecule has 1 aromatic carbocycles. The Labute approximate surface area is 158 Å². The molecule has 0 unspecified atom stereocenters. The number of rotatable bonds is 10. The second-order valence-corrected chi connectivity index (χ2v) is 6.90. The van der Waals surface area contributed by atoms with Crippen molar-refractivity contribution < 1.29 is 14.3 Å². The molecule has 0 bridgehead atoms. The molecule has 0 aliphatic rings. The molecule has 26 heavy (non-hydrogen) atoms. The van der Waals surface area contributed by atoms with Crippen molar-refractivity contribution in [2.24, 2.45) is 0 Å². The van der Waals surface area contributed by atoms with E-state index >= 15 is 0 Å². The number of carbonyl (C=O) groups is 2. The van der Waals surface area contributed by atoms with E-state index in [4.69, 9.17) is 4.74 Å². The van der Waals surface area contributed by atoms with Crippen LogP contribution in [0.2, 0.25) is 0 Å². The number of Topliss-reactive ketones (excluding diaryl/α,β-unsaturated/α-hetero) is 1. The lowest BCUT2D eigenvalue weighted by molar-refractivity contribution is -0.116. The summed E-state index contributed by atoms with van der Waals surface area (Å²) in [6.45, 7) is 6.71. The van der Waals surface area contributed by atoms with Crippen LogP contribution in [-0.2, 0) is 4.79 Å². The second-order valence-electron chi connectivity index (χ2n) is 5.89. The summed E-state index contributed by atoms with van der Waals surface area (Å²) >= 11 is 1.40. The van der Waals surface area contributed by atoms with Gasteiger partial charge in [-0.2, -0.15) is 0 Å². The highest BCUT2D eigenvalue weighted by Crippen LogP contribution is 2.28.